The third-order valence-electron chi connectivity index (χ3n) is 4.29. The lowest BCUT2D eigenvalue weighted by Crippen LogP contribution is -2.40. The van der Waals surface area contributed by atoms with Crippen molar-refractivity contribution in [1.29, 1.82) is 0 Å². The monoisotopic (exact) mass is 449 g/mol. The van der Waals surface area contributed by atoms with Crippen LogP contribution in [0, 0.1) is 0 Å². The first kappa shape index (κ1) is 21.2. The summed E-state index contributed by atoms with van der Waals surface area (Å²) in [6.07, 6.45) is 12.2. The molecule has 1 fully saturated rings. The van der Waals surface area contributed by atoms with Crippen LogP contribution >= 0.6 is 24.0 Å². The molecule has 2 rings (SSSR count). The van der Waals surface area contributed by atoms with E-state index in [1.54, 1.807) is 0 Å². The highest BCUT2D eigenvalue weighted by Crippen LogP contribution is 2.19. The van der Waals surface area contributed by atoms with E-state index >= 15 is 0 Å². The van der Waals surface area contributed by atoms with E-state index in [0.29, 0.717) is 6.10 Å². The van der Waals surface area contributed by atoms with Crippen LogP contribution in [-0.4, -0.2) is 54.0 Å². The number of aliphatic imine (C=N–C) groups is 1. The predicted molar refractivity (Wildman–Crippen MR) is 109 cm³/mol. The number of halogens is 1. The third kappa shape index (κ3) is 7.38. The highest BCUT2D eigenvalue weighted by Gasteiger charge is 2.12. The number of rotatable bonds is 6. The van der Waals surface area contributed by atoms with Crippen molar-refractivity contribution in [3.63, 3.8) is 0 Å². The van der Waals surface area contributed by atoms with Crippen molar-refractivity contribution in [1.82, 2.24) is 20.0 Å². The minimum Gasteiger partial charge on any atom is -0.376 e. The summed E-state index contributed by atoms with van der Waals surface area (Å²) in [5.74, 6) is 0.887. The standard InChI is InChI=1S/C17H31N5O.HI/c1-18-17(21(2)13-15-12-20-22(3)14-15)19-10-11-23-16-8-6-4-5-7-9-16;/h12,14,16H,4-11,13H2,1-3H3,(H,18,19);1H. The normalized spacial score (nSPS) is 16.4. The van der Waals surface area contributed by atoms with Crippen LogP contribution in [0.15, 0.2) is 17.4 Å². The molecule has 1 N–H and O–H groups in total. The van der Waals surface area contributed by atoms with Crippen molar-refractivity contribution in [2.75, 3.05) is 27.2 Å². The van der Waals surface area contributed by atoms with E-state index in [2.05, 4.69) is 20.3 Å². The van der Waals surface area contributed by atoms with Gasteiger partial charge in [0, 0.05) is 46.0 Å². The molecule has 1 aliphatic carbocycles. The maximum atomic E-state index is 6.01. The quantitative estimate of drug-likeness (QED) is 0.239. The summed E-state index contributed by atoms with van der Waals surface area (Å²) in [5, 5.41) is 7.57. The Kier molecular flexibility index (Phi) is 10.3. The van der Waals surface area contributed by atoms with Gasteiger partial charge in [0.05, 0.1) is 18.9 Å². The predicted octanol–water partition coefficient (Wildman–Crippen LogP) is 2.78. The number of hydrogen-bond acceptors (Lipinski definition) is 3. The molecule has 0 radical (unpaired) electrons. The summed E-state index contributed by atoms with van der Waals surface area (Å²) >= 11 is 0. The first-order valence-electron chi connectivity index (χ1n) is 8.70. The number of guanidine groups is 1. The van der Waals surface area contributed by atoms with Gasteiger partial charge >= 0.3 is 0 Å². The molecular formula is C17H32IN5O. The van der Waals surface area contributed by atoms with Gasteiger partial charge in [-0.3, -0.25) is 9.67 Å². The van der Waals surface area contributed by atoms with Gasteiger partial charge in [0.25, 0.3) is 0 Å². The summed E-state index contributed by atoms with van der Waals surface area (Å²) in [6.45, 7) is 2.32. The molecule has 1 aliphatic rings. The lowest BCUT2D eigenvalue weighted by Gasteiger charge is -2.22. The van der Waals surface area contributed by atoms with Crippen molar-refractivity contribution in [3.8, 4) is 0 Å². The Morgan fingerprint density at radius 3 is 2.67 bits per heavy atom. The van der Waals surface area contributed by atoms with Crippen molar-refractivity contribution in [2.24, 2.45) is 12.0 Å². The lowest BCUT2D eigenvalue weighted by atomic mass is 10.1. The second-order valence-electron chi connectivity index (χ2n) is 6.34. The molecule has 1 aromatic rings. The molecular weight excluding hydrogens is 417 g/mol. The molecule has 6 nitrogen and oxygen atoms in total. The number of hydrogen-bond donors (Lipinski definition) is 1. The zero-order valence-electron chi connectivity index (χ0n) is 15.2. The summed E-state index contributed by atoms with van der Waals surface area (Å²) in [7, 11) is 5.78. The minimum absolute atomic E-state index is 0. The van der Waals surface area contributed by atoms with Crippen LogP contribution in [0.2, 0.25) is 0 Å². The largest absolute Gasteiger partial charge is 0.376 e. The Morgan fingerprint density at radius 2 is 2.08 bits per heavy atom. The number of nitrogens with zero attached hydrogens (tertiary/aromatic N) is 4. The number of aromatic nitrogens is 2. The van der Waals surface area contributed by atoms with Crippen molar-refractivity contribution >= 4 is 29.9 Å². The van der Waals surface area contributed by atoms with Gasteiger partial charge in [-0.05, 0) is 12.8 Å². The first-order valence-corrected chi connectivity index (χ1v) is 8.70. The van der Waals surface area contributed by atoms with Crippen LogP contribution in [0.25, 0.3) is 0 Å². The van der Waals surface area contributed by atoms with Gasteiger partial charge in [0.2, 0.25) is 0 Å². The minimum atomic E-state index is 0. The van der Waals surface area contributed by atoms with E-state index in [9.17, 15) is 0 Å². The topological polar surface area (TPSA) is 54.7 Å². The molecule has 0 bridgehead atoms. The maximum absolute atomic E-state index is 6.01. The van der Waals surface area contributed by atoms with Crippen molar-refractivity contribution in [3.05, 3.63) is 18.0 Å². The molecule has 0 atom stereocenters. The summed E-state index contributed by atoms with van der Waals surface area (Å²) < 4.78 is 7.83. The van der Waals surface area contributed by atoms with Crippen LogP contribution in [0.1, 0.15) is 44.1 Å². The average Bonchev–Trinajstić information content (AvgIpc) is 2.78. The molecule has 0 spiro atoms. The van der Waals surface area contributed by atoms with E-state index in [0.717, 1.165) is 25.7 Å². The summed E-state index contributed by atoms with van der Waals surface area (Å²) in [4.78, 5) is 6.44. The van der Waals surface area contributed by atoms with Crippen LogP contribution in [0.3, 0.4) is 0 Å². The van der Waals surface area contributed by atoms with E-state index in [4.69, 9.17) is 4.74 Å². The molecule has 24 heavy (non-hydrogen) atoms. The van der Waals surface area contributed by atoms with E-state index in [1.165, 1.54) is 44.1 Å². The van der Waals surface area contributed by atoms with Gasteiger partial charge < -0.3 is 15.0 Å². The Labute approximate surface area is 163 Å². The van der Waals surface area contributed by atoms with E-state index < -0.39 is 0 Å². The molecule has 138 valence electrons. The third-order valence-corrected chi connectivity index (χ3v) is 4.29. The highest BCUT2D eigenvalue weighted by molar-refractivity contribution is 14.0. The van der Waals surface area contributed by atoms with Gasteiger partial charge in [-0.15, -0.1) is 24.0 Å². The molecule has 1 aromatic heterocycles. The molecule has 0 aliphatic heterocycles. The smallest absolute Gasteiger partial charge is 0.193 e. The van der Waals surface area contributed by atoms with Crippen LogP contribution in [0.5, 0.6) is 0 Å². The van der Waals surface area contributed by atoms with E-state index in [1.807, 2.05) is 38.2 Å². The average molecular weight is 449 g/mol. The molecule has 0 saturated heterocycles. The van der Waals surface area contributed by atoms with Gasteiger partial charge in [0.15, 0.2) is 5.96 Å². The second-order valence-corrected chi connectivity index (χ2v) is 6.34. The Morgan fingerprint density at radius 1 is 1.38 bits per heavy atom. The lowest BCUT2D eigenvalue weighted by molar-refractivity contribution is 0.0466. The Hall–Kier alpha value is -0.830. The van der Waals surface area contributed by atoms with Crippen LogP contribution in [0.4, 0.5) is 0 Å². The van der Waals surface area contributed by atoms with Gasteiger partial charge in [-0.25, -0.2) is 0 Å². The van der Waals surface area contributed by atoms with Gasteiger partial charge in [0.1, 0.15) is 0 Å². The van der Waals surface area contributed by atoms with Gasteiger partial charge in [-0.1, -0.05) is 25.7 Å². The van der Waals surface area contributed by atoms with E-state index in [-0.39, 0.29) is 24.0 Å². The highest BCUT2D eigenvalue weighted by atomic mass is 127. The summed E-state index contributed by atoms with van der Waals surface area (Å²) in [5.41, 5.74) is 1.17. The Bertz CT molecular complexity index is 483. The number of nitrogens with one attached hydrogen (secondary N) is 1. The zero-order valence-corrected chi connectivity index (χ0v) is 17.5. The zero-order chi connectivity index (χ0) is 16.5. The molecule has 1 heterocycles. The fourth-order valence-electron chi connectivity index (χ4n) is 3.08. The molecule has 1 saturated carbocycles. The molecule has 7 heteroatoms. The van der Waals surface area contributed by atoms with Crippen molar-refractivity contribution in [2.45, 2.75) is 51.2 Å². The number of ether oxygens (including phenoxy) is 1. The summed E-state index contributed by atoms with van der Waals surface area (Å²) in [6, 6.07) is 0. The maximum Gasteiger partial charge on any atom is 0.193 e. The van der Waals surface area contributed by atoms with Crippen LogP contribution in [-0.2, 0) is 18.3 Å². The van der Waals surface area contributed by atoms with Gasteiger partial charge in [-0.2, -0.15) is 5.10 Å². The van der Waals surface area contributed by atoms with Crippen LogP contribution < -0.4 is 5.32 Å². The fraction of sp³-hybridized carbons (Fsp3) is 0.765. The molecule has 0 amide bonds. The van der Waals surface area contributed by atoms with Crippen molar-refractivity contribution < 1.29 is 4.74 Å². The SMILES string of the molecule is CN=C(NCCOC1CCCCCC1)N(C)Cc1cnn(C)c1.I. The fourth-order valence-corrected chi connectivity index (χ4v) is 3.08. The first-order chi connectivity index (χ1) is 11.2. The molecule has 0 aromatic carbocycles. The number of aryl methyl sites for hydroxylation is 1. The Balaban J connectivity index is 0.00000288. The second kappa shape index (κ2) is 11.7. The molecule has 0 unspecified atom stereocenters.